The molecule has 0 fully saturated rings. The molecule has 1 aliphatic heterocycles. The van der Waals surface area contributed by atoms with Crippen molar-refractivity contribution < 1.29 is 28.5 Å². The number of nitrogens with one attached hydrogen (secondary N) is 2. The third kappa shape index (κ3) is 5.37. The number of methoxy groups -OCH3 is 2. The highest BCUT2D eigenvalue weighted by Gasteiger charge is 2.34. The van der Waals surface area contributed by atoms with Crippen molar-refractivity contribution in [2.75, 3.05) is 27.4 Å². The Hall–Kier alpha value is -2.90. The van der Waals surface area contributed by atoms with E-state index in [4.69, 9.17) is 18.9 Å². The van der Waals surface area contributed by atoms with Gasteiger partial charge in [0.2, 0.25) is 5.75 Å². The van der Waals surface area contributed by atoms with Crippen LogP contribution >= 0.6 is 0 Å². The molecule has 0 aromatic heterocycles. The second-order valence-corrected chi connectivity index (χ2v) is 6.85. The number of urea groups is 1. The van der Waals surface area contributed by atoms with Gasteiger partial charge in [-0.25, -0.2) is 9.59 Å². The van der Waals surface area contributed by atoms with Gasteiger partial charge in [-0.2, -0.15) is 0 Å². The van der Waals surface area contributed by atoms with Crippen molar-refractivity contribution in [2.24, 2.45) is 0 Å². The highest BCUT2D eigenvalue weighted by Crippen LogP contribution is 2.42. The molecule has 2 amide bonds. The van der Waals surface area contributed by atoms with Crippen molar-refractivity contribution in [3.05, 3.63) is 29.0 Å². The Morgan fingerprint density at radius 2 is 1.73 bits per heavy atom. The van der Waals surface area contributed by atoms with Crippen molar-refractivity contribution in [3.8, 4) is 17.2 Å². The van der Waals surface area contributed by atoms with Gasteiger partial charge in [-0.1, -0.05) is 20.3 Å². The van der Waals surface area contributed by atoms with Gasteiger partial charge >= 0.3 is 12.0 Å². The van der Waals surface area contributed by atoms with Crippen LogP contribution in [0, 0.1) is 0 Å². The summed E-state index contributed by atoms with van der Waals surface area (Å²) in [6.45, 7) is 6.55. The first-order chi connectivity index (χ1) is 14.5. The van der Waals surface area contributed by atoms with Crippen molar-refractivity contribution >= 4 is 12.0 Å². The molecular weight excluding hydrogens is 388 g/mol. The van der Waals surface area contributed by atoms with Crippen molar-refractivity contribution in [2.45, 2.75) is 52.5 Å². The van der Waals surface area contributed by atoms with Crippen molar-refractivity contribution in [3.63, 3.8) is 0 Å². The van der Waals surface area contributed by atoms with Crippen LogP contribution < -0.4 is 24.8 Å². The average molecular weight is 421 g/mol. The van der Waals surface area contributed by atoms with Crippen molar-refractivity contribution in [1.29, 1.82) is 0 Å². The number of rotatable bonds is 11. The molecule has 1 aliphatic rings. The Kier molecular flexibility index (Phi) is 8.83. The van der Waals surface area contributed by atoms with E-state index in [0.29, 0.717) is 47.1 Å². The number of unbranched alkanes of at least 4 members (excludes halogenated alkanes) is 1. The summed E-state index contributed by atoms with van der Waals surface area (Å²) in [5.41, 5.74) is 1.60. The fourth-order valence-electron chi connectivity index (χ4n) is 3.28. The first-order valence-corrected chi connectivity index (χ1v) is 10.4. The minimum atomic E-state index is -0.701. The van der Waals surface area contributed by atoms with Crippen LogP contribution in [0.2, 0.25) is 0 Å². The zero-order valence-corrected chi connectivity index (χ0v) is 18.4. The Bertz CT molecular complexity index is 765. The maximum atomic E-state index is 12.8. The summed E-state index contributed by atoms with van der Waals surface area (Å²) in [7, 11) is 3.07. The molecule has 8 nitrogen and oxygen atoms in total. The first-order valence-electron chi connectivity index (χ1n) is 10.4. The third-order valence-corrected chi connectivity index (χ3v) is 4.70. The summed E-state index contributed by atoms with van der Waals surface area (Å²) in [6, 6.07) is 2.43. The van der Waals surface area contributed by atoms with Crippen LogP contribution in [0.3, 0.4) is 0 Å². The van der Waals surface area contributed by atoms with Gasteiger partial charge < -0.3 is 29.6 Å². The van der Waals surface area contributed by atoms with Crippen LogP contribution in [0.15, 0.2) is 23.4 Å². The Labute approximate surface area is 177 Å². The van der Waals surface area contributed by atoms with Gasteiger partial charge in [-0.05, 0) is 43.9 Å². The maximum Gasteiger partial charge on any atom is 0.338 e. The number of esters is 1. The summed E-state index contributed by atoms with van der Waals surface area (Å²) in [4.78, 5) is 25.2. The lowest BCUT2D eigenvalue weighted by molar-refractivity contribution is -0.139. The lowest BCUT2D eigenvalue weighted by Crippen LogP contribution is -2.46. The van der Waals surface area contributed by atoms with Gasteiger partial charge in [0.25, 0.3) is 0 Å². The zero-order chi connectivity index (χ0) is 22.1. The normalized spacial score (nSPS) is 15.9. The predicted molar refractivity (Wildman–Crippen MR) is 113 cm³/mol. The standard InChI is InChI=1S/C22H32N2O6/c1-6-9-10-15-18(21(25)29-8-3)19(24-22(26)23-15)14-12-16(27-4)20(30-11-7-2)17(13-14)28-5/h12-13,19H,6-11H2,1-5H3,(H2,23,24,26). The zero-order valence-electron chi connectivity index (χ0n) is 18.4. The lowest BCUT2D eigenvalue weighted by Gasteiger charge is -2.30. The number of hydrogen-bond acceptors (Lipinski definition) is 6. The largest absolute Gasteiger partial charge is 0.493 e. The summed E-state index contributed by atoms with van der Waals surface area (Å²) in [5, 5.41) is 5.61. The van der Waals surface area contributed by atoms with E-state index in [0.717, 1.165) is 19.3 Å². The highest BCUT2D eigenvalue weighted by molar-refractivity contribution is 5.95. The number of carbonyl (C=O) groups excluding carboxylic acids is 2. The monoisotopic (exact) mass is 420 g/mol. The van der Waals surface area contributed by atoms with E-state index in [2.05, 4.69) is 17.6 Å². The number of carbonyl (C=O) groups is 2. The smallest absolute Gasteiger partial charge is 0.338 e. The average Bonchev–Trinajstić information content (AvgIpc) is 2.75. The molecule has 0 aliphatic carbocycles. The molecule has 1 heterocycles. The Morgan fingerprint density at radius 3 is 2.27 bits per heavy atom. The van der Waals surface area contributed by atoms with E-state index >= 15 is 0 Å². The molecule has 30 heavy (non-hydrogen) atoms. The van der Waals surface area contributed by atoms with Gasteiger partial charge in [-0.3, -0.25) is 0 Å². The molecule has 0 spiro atoms. The molecule has 8 heteroatoms. The molecule has 1 aromatic rings. The van der Waals surface area contributed by atoms with Crippen LogP contribution in [0.25, 0.3) is 0 Å². The van der Waals surface area contributed by atoms with E-state index in [-0.39, 0.29) is 12.6 Å². The maximum absolute atomic E-state index is 12.8. The summed E-state index contributed by atoms with van der Waals surface area (Å²) in [5.74, 6) is 0.942. The van der Waals surface area contributed by atoms with Gasteiger partial charge in [-0.15, -0.1) is 0 Å². The van der Waals surface area contributed by atoms with Crippen LogP contribution in [-0.4, -0.2) is 39.4 Å². The molecule has 166 valence electrons. The molecule has 1 aromatic carbocycles. The van der Waals surface area contributed by atoms with Crippen LogP contribution in [0.4, 0.5) is 4.79 Å². The third-order valence-electron chi connectivity index (χ3n) is 4.70. The number of benzene rings is 1. The second-order valence-electron chi connectivity index (χ2n) is 6.85. The number of allylic oxidation sites excluding steroid dienone is 1. The molecule has 2 N–H and O–H groups in total. The molecule has 2 rings (SSSR count). The molecule has 0 saturated carbocycles. The number of ether oxygens (including phenoxy) is 4. The number of amides is 2. The van der Waals surface area contributed by atoms with E-state index in [9.17, 15) is 9.59 Å². The van der Waals surface area contributed by atoms with E-state index in [1.807, 2.05) is 6.92 Å². The Morgan fingerprint density at radius 1 is 1.07 bits per heavy atom. The quantitative estimate of drug-likeness (QED) is 0.528. The van der Waals surface area contributed by atoms with Gasteiger partial charge in [0.1, 0.15) is 0 Å². The fourth-order valence-corrected chi connectivity index (χ4v) is 3.28. The van der Waals surface area contributed by atoms with Gasteiger partial charge in [0.15, 0.2) is 11.5 Å². The summed E-state index contributed by atoms with van der Waals surface area (Å²) < 4.78 is 22.1. The van der Waals surface area contributed by atoms with E-state index < -0.39 is 12.0 Å². The Balaban J connectivity index is 2.59. The second kappa shape index (κ2) is 11.3. The predicted octanol–water partition coefficient (Wildman–Crippen LogP) is 3.85. The van der Waals surface area contributed by atoms with E-state index in [1.54, 1.807) is 19.1 Å². The molecule has 0 bridgehead atoms. The van der Waals surface area contributed by atoms with Gasteiger partial charge in [0.05, 0.1) is 39.0 Å². The minimum absolute atomic E-state index is 0.237. The highest BCUT2D eigenvalue weighted by atomic mass is 16.5. The molecule has 1 unspecified atom stereocenters. The first kappa shape index (κ1) is 23.4. The molecule has 1 atom stereocenters. The molecule has 0 saturated heterocycles. The summed E-state index contributed by atoms with van der Waals surface area (Å²) >= 11 is 0. The van der Waals surface area contributed by atoms with Crippen LogP contribution in [0.5, 0.6) is 17.2 Å². The summed E-state index contributed by atoms with van der Waals surface area (Å²) in [6.07, 6.45) is 3.16. The molecule has 0 radical (unpaired) electrons. The topological polar surface area (TPSA) is 95.1 Å². The lowest BCUT2D eigenvalue weighted by atomic mass is 9.93. The van der Waals surface area contributed by atoms with Crippen LogP contribution in [-0.2, 0) is 9.53 Å². The van der Waals surface area contributed by atoms with E-state index in [1.165, 1.54) is 14.2 Å². The van der Waals surface area contributed by atoms with Crippen molar-refractivity contribution in [1.82, 2.24) is 10.6 Å². The van der Waals surface area contributed by atoms with Crippen LogP contribution in [0.1, 0.15) is 58.1 Å². The number of hydrogen-bond donors (Lipinski definition) is 2. The minimum Gasteiger partial charge on any atom is -0.493 e. The van der Waals surface area contributed by atoms with Gasteiger partial charge in [0, 0.05) is 5.70 Å². The fraction of sp³-hybridized carbons (Fsp3) is 0.545. The molecular formula is C22H32N2O6. The SMILES string of the molecule is CCCCC1=C(C(=O)OCC)C(c2cc(OC)c(OCCC)c(OC)c2)NC(=O)N1.